The zero-order valence-corrected chi connectivity index (χ0v) is 15.1. The molecule has 2 heterocycles. The molecule has 2 N–H and O–H groups in total. The van der Waals surface area contributed by atoms with Crippen LogP contribution in [0.3, 0.4) is 0 Å². The van der Waals surface area contributed by atoms with Gasteiger partial charge in [-0.1, -0.05) is 18.2 Å². The van der Waals surface area contributed by atoms with Gasteiger partial charge >= 0.3 is 0 Å². The highest BCUT2D eigenvalue weighted by atomic mass is 16.5. The smallest absolute Gasteiger partial charge is 0.253 e. The van der Waals surface area contributed by atoms with Crippen molar-refractivity contribution in [2.45, 2.75) is 37.8 Å². The number of ether oxygens (including phenoxy) is 2. The van der Waals surface area contributed by atoms with Crippen molar-refractivity contribution in [3.05, 3.63) is 48.4 Å². The number of para-hydroxylation sites is 1. The number of nitrogens with zero attached hydrogens (tertiary/aromatic N) is 2. The molecule has 1 fully saturated rings. The lowest BCUT2D eigenvalue weighted by Crippen LogP contribution is -2.39. The maximum absolute atomic E-state index is 12.6. The molecule has 0 aliphatic heterocycles. The van der Waals surface area contributed by atoms with Crippen molar-refractivity contribution in [2.24, 2.45) is 0 Å². The number of aromatic nitrogens is 3. The summed E-state index contributed by atoms with van der Waals surface area (Å²) in [6, 6.07) is 7.98. The number of hydrogen-bond acceptors (Lipinski definition) is 5. The Kier molecular flexibility index (Phi) is 4.91. The second-order valence-electron chi connectivity index (χ2n) is 6.71. The zero-order chi connectivity index (χ0) is 18.6. The lowest BCUT2D eigenvalue weighted by Gasteiger charge is -2.29. The summed E-state index contributed by atoms with van der Waals surface area (Å²) in [5.74, 6) is 0.878. The van der Waals surface area contributed by atoms with Crippen LogP contribution in [0, 0.1) is 0 Å². The maximum Gasteiger partial charge on any atom is 0.253 e. The van der Waals surface area contributed by atoms with Crippen LogP contribution in [-0.4, -0.2) is 40.1 Å². The molecule has 7 heteroatoms. The van der Waals surface area contributed by atoms with Crippen LogP contribution in [0.15, 0.2) is 42.9 Å². The SMILES string of the molecule is COc1cncc(OC2CCC(NC(=O)c3c[nH]c4ccccc34)CC2)n1. The van der Waals surface area contributed by atoms with Gasteiger partial charge in [-0.25, -0.2) is 0 Å². The highest BCUT2D eigenvalue weighted by Crippen LogP contribution is 2.24. The zero-order valence-electron chi connectivity index (χ0n) is 15.1. The van der Waals surface area contributed by atoms with Crippen molar-refractivity contribution in [1.82, 2.24) is 20.3 Å². The van der Waals surface area contributed by atoms with Gasteiger partial charge in [0.15, 0.2) is 0 Å². The van der Waals surface area contributed by atoms with Crippen molar-refractivity contribution in [3.63, 3.8) is 0 Å². The molecule has 27 heavy (non-hydrogen) atoms. The molecule has 0 spiro atoms. The standard InChI is InChI=1S/C20H22N4O3/c1-26-18-11-21-12-19(24-18)27-14-8-6-13(7-9-14)23-20(25)16-10-22-17-5-3-2-4-15(16)17/h2-5,10-14,22H,6-9H2,1H3,(H,23,25). The molecule has 0 saturated heterocycles. The number of rotatable bonds is 5. The van der Waals surface area contributed by atoms with Gasteiger partial charge in [-0.15, -0.1) is 0 Å². The fourth-order valence-electron chi connectivity index (χ4n) is 3.50. The topological polar surface area (TPSA) is 89.1 Å². The van der Waals surface area contributed by atoms with Crippen LogP contribution in [0.5, 0.6) is 11.8 Å². The average Bonchev–Trinajstić information content (AvgIpc) is 3.14. The van der Waals surface area contributed by atoms with Crippen molar-refractivity contribution < 1.29 is 14.3 Å². The van der Waals surface area contributed by atoms with Crippen molar-refractivity contribution >= 4 is 16.8 Å². The molecule has 3 aromatic rings. The van der Waals surface area contributed by atoms with Gasteiger partial charge in [-0.3, -0.25) is 9.78 Å². The second-order valence-corrected chi connectivity index (χ2v) is 6.71. The van der Waals surface area contributed by atoms with Gasteiger partial charge in [0.1, 0.15) is 6.10 Å². The third-order valence-electron chi connectivity index (χ3n) is 4.93. The number of hydrogen-bond donors (Lipinski definition) is 2. The van der Waals surface area contributed by atoms with E-state index in [1.54, 1.807) is 25.7 Å². The van der Waals surface area contributed by atoms with Crippen LogP contribution >= 0.6 is 0 Å². The first-order chi connectivity index (χ1) is 13.2. The van der Waals surface area contributed by atoms with E-state index in [2.05, 4.69) is 20.3 Å². The molecule has 1 aliphatic carbocycles. The largest absolute Gasteiger partial charge is 0.480 e. The first-order valence-electron chi connectivity index (χ1n) is 9.12. The molecular weight excluding hydrogens is 344 g/mol. The Labute approximate surface area is 157 Å². The number of aromatic amines is 1. The summed E-state index contributed by atoms with van der Waals surface area (Å²) in [6.45, 7) is 0. The molecule has 0 atom stereocenters. The number of amides is 1. The molecule has 140 valence electrons. The second kappa shape index (κ2) is 7.65. The monoisotopic (exact) mass is 366 g/mol. The lowest BCUT2D eigenvalue weighted by molar-refractivity contribution is 0.0890. The number of nitrogens with one attached hydrogen (secondary N) is 2. The summed E-state index contributed by atoms with van der Waals surface area (Å²) in [5, 5.41) is 4.10. The highest BCUT2D eigenvalue weighted by Gasteiger charge is 2.25. The van der Waals surface area contributed by atoms with Crippen molar-refractivity contribution in [2.75, 3.05) is 7.11 Å². The molecule has 0 bridgehead atoms. The molecule has 7 nitrogen and oxygen atoms in total. The molecular formula is C20H22N4O3. The van der Waals surface area contributed by atoms with Crippen molar-refractivity contribution in [3.8, 4) is 11.8 Å². The summed E-state index contributed by atoms with van der Waals surface area (Å²) in [4.78, 5) is 24.1. The van der Waals surface area contributed by atoms with E-state index in [1.807, 2.05) is 24.3 Å². The van der Waals surface area contributed by atoms with Crippen LogP contribution in [0.1, 0.15) is 36.0 Å². The molecule has 2 aromatic heterocycles. The number of benzene rings is 1. The van der Waals surface area contributed by atoms with E-state index in [1.165, 1.54) is 0 Å². The molecule has 0 unspecified atom stereocenters. The quantitative estimate of drug-likeness (QED) is 0.724. The minimum Gasteiger partial charge on any atom is -0.480 e. The predicted octanol–water partition coefficient (Wildman–Crippen LogP) is 3.09. The molecule has 4 rings (SSSR count). The van der Waals surface area contributed by atoms with E-state index in [0.717, 1.165) is 36.6 Å². The van der Waals surface area contributed by atoms with Gasteiger partial charge in [0.05, 0.1) is 25.1 Å². The van der Waals surface area contributed by atoms with Crippen LogP contribution in [0.4, 0.5) is 0 Å². The normalized spacial score (nSPS) is 19.6. The summed E-state index contributed by atoms with van der Waals surface area (Å²) >= 11 is 0. The predicted molar refractivity (Wildman–Crippen MR) is 101 cm³/mol. The first-order valence-corrected chi connectivity index (χ1v) is 9.12. The van der Waals surface area contributed by atoms with Gasteiger partial charge in [0.2, 0.25) is 11.8 Å². The van der Waals surface area contributed by atoms with E-state index in [-0.39, 0.29) is 18.1 Å². The Morgan fingerprint density at radius 1 is 1.15 bits per heavy atom. The molecule has 0 radical (unpaired) electrons. The van der Waals surface area contributed by atoms with Crippen LogP contribution < -0.4 is 14.8 Å². The fraction of sp³-hybridized carbons (Fsp3) is 0.350. The third kappa shape index (κ3) is 3.86. The summed E-state index contributed by atoms with van der Waals surface area (Å²) in [5.41, 5.74) is 1.66. The molecule has 1 aromatic carbocycles. The average molecular weight is 366 g/mol. The Morgan fingerprint density at radius 2 is 1.93 bits per heavy atom. The summed E-state index contributed by atoms with van der Waals surface area (Å²) in [7, 11) is 1.55. The Bertz CT molecular complexity index is 932. The molecule has 1 amide bonds. The summed E-state index contributed by atoms with van der Waals surface area (Å²) in [6.07, 6.45) is 8.45. The van der Waals surface area contributed by atoms with Gasteiger partial charge in [0, 0.05) is 23.1 Å². The minimum absolute atomic E-state index is 0.0320. The van der Waals surface area contributed by atoms with E-state index in [0.29, 0.717) is 17.3 Å². The number of carbonyl (C=O) groups is 1. The van der Waals surface area contributed by atoms with Gasteiger partial charge in [-0.05, 0) is 31.7 Å². The van der Waals surface area contributed by atoms with E-state index in [9.17, 15) is 4.79 Å². The number of carbonyl (C=O) groups excluding carboxylic acids is 1. The Hall–Kier alpha value is -3.09. The first kappa shape index (κ1) is 17.3. The molecule has 1 aliphatic rings. The van der Waals surface area contributed by atoms with Gasteiger partial charge in [-0.2, -0.15) is 4.98 Å². The van der Waals surface area contributed by atoms with E-state index < -0.39 is 0 Å². The fourth-order valence-corrected chi connectivity index (χ4v) is 3.50. The number of fused-ring (bicyclic) bond motifs is 1. The van der Waals surface area contributed by atoms with Crippen molar-refractivity contribution in [1.29, 1.82) is 0 Å². The highest BCUT2D eigenvalue weighted by molar-refractivity contribution is 6.06. The maximum atomic E-state index is 12.6. The molecule has 1 saturated carbocycles. The van der Waals surface area contributed by atoms with Crippen LogP contribution in [0.25, 0.3) is 10.9 Å². The number of H-pyrrole nitrogens is 1. The van der Waals surface area contributed by atoms with Crippen LogP contribution in [0.2, 0.25) is 0 Å². The third-order valence-corrected chi connectivity index (χ3v) is 4.93. The Morgan fingerprint density at radius 3 is 2.74 bits per heavy atom. The lowest BCUT2D eigenvalue weighted by atomic mass is 9.92. The Balaban J connectivity index is 1.32. The van der Waals surface area contributed by atoms with Gasteiger partial charge in [0.25, 0.3) is 5.91 Å². The number of methoxy groups -OCH3 is 1. The minimum atomic E-state index is -0.0320. The summed E-state index contributed by atoms with van der Waals surface area (Å²) < 4.78 is 11.0. The van der Waals surface area contributed by atoms with Gasteiger partial charge < -0.3 is 19.8 Å². The van der Waals surface area contributed by atoms with E-state index in [4.69, 9.17) is 9.47 Å². The van der Waals surface area contributed by atoms with E-state index >= 15 is 0 Å². The van der Waals surface area contributed by atoms with Crippen LogP contribution in [-0.2, 0) is 0 Å².